The third-order valence-corrected chi connectivity index (χ3v) is 4.34. The largest absolute Gasteiger partial charge is 0.497 e. The van der Waals surface area contributed by atoms with Crippen molar-refractivity contribution < 1.29 is 9.15 Å². The highest BCUT2D eigenvalue weighted by atomic mass is 16.5. The van der Waals surface area contributed by atoms with Gasteiger partial charge < -0.3 is 14.5 Å². The fraction of sp³-hybridized carbons (Fsp3) is 0.562. The highest BCUT2D eigenvalue weighted by Crippen LogP contribution is 2.39. The minimum absolute atomic E-state index is 0.103. The molecule has 1 aromatic carbocycles. The normalized spacial score (nSPS) is 18.3. The van der Waals surface area contributed by atoms with E-state index in [4.69, 9.17) is 14.1 Å². The molecule has 4 nitrogen and oxygen atoms in total. The van der Waals surface area contributed by atoms with Crippen molar-refractivity contribution in [2.75, 3.05) is 20.2 Å². The number of benzene rings is 1. The molecule has 0 spiro atoms. The zero-order valence-electron chi connectivity index (χ0n) is 12.2. The Bertz CT molecular complexity index is 580. The van der Waals surface area contributed by atoms with E-state index in [1.807, 2.05) is 18.2 Å². The topological polar surface area (TPSA) is 47.3 Å². The Kier molecular flexibility index (Phi) is 3.66. The summed E-state index contributed by atoms with van der Waals surface area (Å²) in [4.78, 5) is 4.75. The highest BCUT2D eigenvalue weighted by Gasteiger charge is 2.37. The first-order chi connectivity index (χ1) is 9.77. The lowest BCUT2D eigenvalue weighted by Crippen LogP contribution is -2.40. The smallest absolute Gasteiger partial charge is 0.201 e. The number of hydrogen-bond acceptors (Lipinski definition) is 4. The number of methoxy groups -OCH3 is 1. The van der Waals surface area contributed by atoms with Crippen molar-refractivity contribution in [3.8, 4) is 5.75 Å². The molecule has 0 amide bonds. The standard InChI is InChI=1S/C16H22N2O2/c1-3-6-16(7-9-17-10-8-16)15-18-13-5-4-12(19-2)11-14(13)20-15/h4-5,11,17H,3,6-10H2,1-2H3. The SMILES string of the molecule is CCCC1(c2nc3ccc(OC)cc3o2)CCNCC1. The van der Waals surface area contributed by atoms with Crippen LogP contribution in [0, 0.1) is 0 Å². The molecule has 2 aromatic rings. The molecule has 0 bridgehead atoms. The maximum Gasteiger partial charge on any atom is 0.201 e. The van der Waals surface area contributed by atoms with E-state index in [0.29, 0.717) is 0 Å². The molecule has 3 rings (SSSR count). The van der Waals surface area contributed by atoms with Gasteiger partial charge in [0.15, 0.2) is 5.58 Å². The van der Waals surface area contributed by atoms with Gasteiger partial charge in [-0.15, -0.1) is 0 Å². The first-order valence-electron chi connectivity index (χ1n) is 7.43. The molecule has 1 aliphatic rings. The first kappa shape index (κ1) is 13.4. The van der Waals surface area contributed by atoms with Crippen LogP contribution in [0.4, 0.5) is 0 Å². The fourth-order valence-corrected chi connectivity index (χ4v) is 3.21. The number of aromatic nitrogens is 1. The number of piperidine rings is 1. The molecule has 108 valence electrons. The van der Waals surface area contributed by atoms with Crippen LogP contribution in [0.5, 0.6) is 5.75 Å². The summed E-state index contributed by atoms with van der Waals surface area (Å²) in [6.45, 7) is 4.32. The number of nitrogens with one attached hydrogen (secondary N) is 1. The zero-order chi connectivity index (χ0) is 14.0. The summed E-state index contributed by atoms with van der Waals surface area (Å²) < 4.78 is 11.3. The van der Waals surface area contributed by atoms with E-state index in [-0.39, 0.29) is 5.41 Å². The molecule has 1 aliphatic heterocycles. The second kappa shape index (κ2) is 5.44. The summed E-state index contributed by atoms with van der Waals surface area (Å²) in [5, 5.41) is 3.43. The van der Waals surface area contributed by atoms with Gasteiger partial charge in [-0.25, -0.2) is 4.98 Å². The Labute approximate surface area is 119 Å². The van der Waals surface area contributed by atoms with Crippen molar-refractivity contribution in [2.45, 2.75) is 38.0 Å². The van der Waals surface area contributed by atoms with E-state index < -0.39 is 0 Å². The van der Waals surface area contributed by atoms with Crippen molar-refractivity contribution >= 4 is 11.1 Å². The van der Waals surface area contributed by atoms with Gasteiger partial charge in [0.1, 0.15) is 11.3 Å². The van der Waals surface area contributed by atoms with Gasteiger partial charge in [-0.1, -0.05) is 13.3 Å². The maximum absolute atomic E-state index is 6.09. The van der Waals surface area contributed by atoms with Gasteiger partial charge in [-0.05, 0) is 44.5 Å². The van der Waals surface area contributed by atoms with Gasteiger partial charge in [-0.2, -0.15) is 0 Å². The average Bonchev–Trinajstić information content (AvgIpc) is 2.92. The van der Waals surface area contributed by atoms with Crippen LogP contribution in [0.3, 0.4) is 0 Å². The van der Waals surface area contributed by atoms with E-state index >= 15 is 0 Å². The molecular weight excluding hydrogens is 252 g/mol. The van der Waals surface area contributed by atoms with Crippen molar-refractivity contribution in [1.29, 1.82) is 0 Å². The molecule has 4 heteroatoms. The number of oxazole rings is 1. The lowest BCUT2D eigenvalue weighted by molar-refractivity contribution is 0.233. The molecular formula is C16H22N2O2. The second-order valence-electron chi connectivity index (χ2n) is 5.63. The van der Waals surface area contributed by atoms with Gasteiger partial charge in [0.05, 0.1) is 7.11 Å². The monoisotopic (exact) mass is 274 g/mol. The third-order valence-electron chi connectivity index (χ3n) is 4.34. The Morgan fingerprint density at radius 1 is 1.35 bits per heavy atom. The van der Waals surface area contributed by atoms with Crippen LogP contribution in [-0.4, -0.2) is 25.2 Å². The Morgan fingerprint density at radius 3 is 2.85 bits per heavy atom. The number of rotatable bonds is 4. The predicted octanol–water partition coefficient (Wildman–Crippen LogP) is 3.26. The molecule has 0 aliphatic carbocycles. The molecule has 20 heavy (non-hydrogen) atoms. The first-order valence-corrected chi connectivity index (χ1v) is 7.43. The molecule has 1 N–H and O–H groups in total. The van der Waals surface area contributed by atoms with Crippen LogP contribution in [0.25, 0.3) is 11.1 Å². The molecule has 0 radical (unpaired) electrons. The van der Waals surface area contributed by atoms with Crippen LogP contribution in [0.2, 0.25) is 0 Å². The van der Waals surface area contributed by atoms with Crippen molar-refractivity contribution in [1.82, 2.24) is 10.3 Å². The minimum atomic E-state index is 0.103. The lowest BCUT2D eigenvalue weighted by Gasteiger charge is -2.34. The lowest BCUT2D eigenvalue weighted by atomic mass is 9.75. The Balaban J connectivity index is 2.02. The van der Waals surface area contributed by atoms with E-state index in [2.05, 4.69) is 12.2 Å². The fourth-order valence-electron chi connectivity index (χ4n) is 3.21. The maximum atomic E-state index is 6.09. The molecule has 0 unspecified atom stereocenters. The predicted molar refractivity (Wildman–Crippen MR) is 79.3 cm³/mol. The number of ether oxygens (including phenoxy) is 1. The Hall–Kier alpha value is -1.55. The van der Waals surface area contributed by atoms with Gasteiger partial charge >= 0.3 is 0 Å². The molecule has 1 fully saturated rings. The van der Waals surface area contributed by atoms with Gasteiger partial charge in [-0.3, -0.25) is 0 Å². The average molecular weight is 274 g/mol. The summed E-state index contributed by atoms with van der Waals surface area (Å²) in [5.74, 6) is 1.72. The highest BCUT2D eigenvalue weighted by molar-refractivity contribution is 5.74. The van der Waals surface area contributed by atoms with Crippen LogP contribution in [-0.2, 0) is 5.41 Å². The van der Waals surface area contributed by atoms with Gasteiger partial charge in [0.2, 0.25) is 5.89 Å². The zero-order valence-corrected chi connectivity index (χ0v) is 12.2. The second-order valence-corrected chi connectivity index (χ2v) is 5.63. The molecule has 1 saturated heterocycles. The summed E-state index contributed by atoms with van der Waals surface area (Å²) in [6, 6.07) is 5.83. The van der Waals surface area contributed by atoms with Crippen molar-refractivity contribution in [3.63, 3.8) is 0 Å². The number of fused-ring (bicyclic) bond motifs is 1. The van der Waals surface area contributed by atoms with Crippen LogP contribution < -0.4 is 10.1 Å². The quantitative estimate of drug-likeness (QED) is 0.929. The van der Waals surface area contributed by atoms with E-state index in [0.717, 1.165) is 61.5 Å². The summed E-state index contributed by atoms with van der Waals surface area (Å²) in [5.41, 5.74) is 1.86. The summed E-state index contributed by atoms with van der Waals surface area (Å²) in [6.07, 6.45) is 4.50. The third kappa shape index (κ3) is 2.29. The van der Waals surface area contributed by atoms with E-state index in [1.54, 1.807) is 7.11 Å². The van der Waals surface area contributed by atoms with Crippen molar-refractivity contribution in [2.24, 2.45) is 0 Å². The van der Waals surface area contributed by atoms with Crippen LogP contribution >= 0.6 is 0 Å². The summed E-state index contributed by atoms with van der Waals surface area (Å²) in [7, 11) is 1.67. The summed E-state index contributed by atoms with van der Waals surface area (Å²) >= 11 is 0. The molecule has 0 atom stereocenters. The van der Waals surface area contributed by atoms with Crippen LogP contribution in [0.1, 0.15) is 38.5 Å². The van der Waals surface area contributed by atoms with Crippen LogP contribution in [0.15, 0.2) is 22.6 Å². The molecule has 2 heterocycles. The van der Waals surface area contributed by atoms with E-state index in [9.17, 15) is 0 Å². The minimum Gasteiger partial charge on any atom is -0.497 e. The number of hydrogen-bond donors (Lipinski definition) is 1. The Morgan fingerprint density at radius 2 is 2.15 bits per heavy atom. The molecule has 1 aromatic heterocycles. The van der Waals surface area contributed by atoms with Crippen molar-refractivity contribution in [3.05, 3.63) is 24.1 Å². The molecule has 0 saturated carbocycles. The van der Waals surface area contributed by atoms with E-state index in [1.165, 1.54) is 0 Å². The number of nitrogens with zero attached hydrogens (tertiary/aromatic N) is 1. The van der Waals surface area contributed by atoms with Gasteiger partial charge in [0, 0.05) is 11.5 Å². The van der Waals surface area contributed by atoms with Gasteiger partial charge in [0.25, 0.3) is 0 Å².